The molecule has 5 unspecified atom stereocenters. The van der Waals surface area contributed by atoms with Crippen molar-refractivity contribution in [3.05, 3.63) is 132 Å². The Kier molecular flexibility index (Phi) is 8.86. The first-order chi connectivity index (χ1) is 21.2. The van der Waals surface area contributed by atoms with Crippen LogP contribution in [0.4, 0.5) is 0 Å². The van der Waals surface area contributed by atoms with Crippen molar-refractivity contribution in [2.75, 3.05) is 7.05 Å². The number of hydrogen-bond donors (Lipinski definition) is 3. The van der Waals surface area contributed by atoms with E-state index in [1.54, 1.807) is 42.5 Å². The third-order valence-electron chi connectivity index (χ3n) is 7.71. The van der Waals surface area contributed by atoms with Crippen LogP contribution in [-0.2, 0) is 51.6 Å². The average molecular weight is 601 g/mol. The number of likely N-dealkylation sites (N-methyl/N-ethyl adjacent to an activating group) is 1. The summed E-state index contributed by atoms with van der Waals surface area (Å²) >= 11 is 0. The lowest BCUT2D eigenvalue weighted by Gasteiger charge is -2.48. The van der Waals surface area contributed by atoms with Crippen LogP contribution in [0.3, 0.4) is 0 Å². The zero-order valence-electron chi connectivity index (χ0n) is 23.8. The summed E-state index contributed by atoms with van der Waals surface area (Å²) in [6, 6.07) is 25.7. The number of rotatable bonds is 12. The summed E-state index contributed by atoms with van der Waals surface area (Å²) in [5.41, 5.74) is 6.23. The van der Waals surface area contributed by atoms with E-state index < -0.39 is 53.7 Å². The van der Waals surface area contributed by atoms with Crippen molar-refractivity contribution in [3.63, 3.8) is 0 Å². The van der Waals surface area contributed by atoms with Crippen LogP contribution in [0.2, 0.25) is 0 Å². The Morgan fingerprint density at radius 1 is 0.841 bits per heavy atom. The number of aliphatic carboxylic acids is 1. The second-order valence-corrected chi connectivity index (χ2v) is 10.5. The van der Waals surface area contributed by atoms with Gasteiger partial charge in [0.1, 0.15) is 12.5 Å². The molecule has 0 fully saturated rings. The number of primary amides is 1. The van der Waals surface area contributed by atoms with E-state index in [0.29, 0.717) is 12.0 Å². The molecule has 0 saturated carbocycles. The van der Waals surface area contributed by atoms with Crippen LogP contribution >= 0.6 is 0 Å². The van der Waals surface area contributed by atoms with Crippen molar-refractivity contribution in [3.8, 4) is 0 Å². The molecular weight excluding hydrogens is 568 g/mol. The van der Waals surface area contributed by atoms with Crippen LogP contribution in [0.25, 0.3) is 0 Å². The van der Waals surface area contributed by atoms with Gasteiger partial charge >= 0.3 is 5.97 Å². The molecule has 0 spiro atoms. The van der Waals surface area contributed by atoms with Crippen molar-refractivity contribution in [1.82, 2.24) is 4.90 Å². The first-order valence-electron chi connectivity index (χ1n) is 13.9. The summed E-state index contributed by atoms with van der Waals surface area (Å²) in [6.45, 7) is 0. The van der Waals surface area contributed by atoms with Gasteiger partial charge in [-0.3, -0.25) is 9.59 Å². The fourth-order valence-corrected chi connectivity index (χ4v) is 5.67. The van der Waals surface area contributed by atoms with Gasteiger partial charge in [0.05, 0.1) is 11.5 Å². The molecule has 11 nitrogen and oxygen atoms in total. The Balaban J connectivity index is 1.58. The number of amides is 2. The van der Waals surface area contributed by atoms with Gasteiger partial charge < -0.3 is 39.8 Å². The third kappa shape index (κ3) is 6.09. The van der Waals surface area contributed by atoms with Gasteiger partial charge in [0, 0.05) is 13.5 Å². The molecule has 5 atom stereocenters. The molecule has 44 heavy (non-hydrogen) atoms. The molecule has 0 radical (unpaired) electrons. The Morgan fingerprint density at radius 2 is 1.41 bits per heavy atom. The van der Waals surface area contributed by atoms with Gasteiger partial charge in [-0.2, -0.15) is 0 Å². The maximum atomic E-state index is 14.0. The summed E-state index contributed by atoms with van der Waals surface area (Å²) < 4.78 is 23.1. The summed E-state index contributed by atoms with van der Waals surface area (Å²) in [7, 11) is 1.39. The third-order valence-corrected chi connectivity index (χ3v) is 7.71. The van der Waals surface area contributed by atoms with Crippen LogP contribution < -0.4 is 5.73 Å². The van der Waals surface area contributed by atoms with Crippen LogP contribution in [-0.4, -0.2) is 64.7 Å². The minimum absolute atomic E-state index is 0.0307. The van der Waals surface area contributed by atoms with Gasteiger partial charge in [-0.25, -0.2) is 4.79 Å². The largest absolute Gasteiger partial charge is 0.475 e. The van der Waals surface area contributed by atoms with E-state index in [0.717, 1.165) is 22.3 Å². The maximum Gasteiger partial charge on any atom is 0.374 e. The molecule has 11 heteroatoms. The standard InChI is InChI=1S/C33H32N2O9/c1-35(30(38)24-19-41-26(43-24)17-21-11-5-2-6-12-21)28(27(36)29(34)37)33(23-15-9-4-10-16-23,18-22-13-7-3-8-14-22)32-42-20-25(44-32)31(39)40/h2-16,19-20,26-28,32,36H,17-18H2,1H3,(H2,34,37)(H,39,40). The molecule has 0 bridgehead atoms. The maximum absolute atomic E-state index is 14.0. The Bertz CT molecular complexity index is 1550. The molecular formula is C33H32N2O9. The van der Waals surface area contributed by atoms with Crippen molar-refractivity contribution in [1.29, 1.82) is 0 Å². The van der Waals surface area contributed by atoms with Gasteiger partial charge in [0.2, 0.25) is 23.7 Å². The number of nitrogens with zero attached hydrogens (tertiary/aromatic N) is 1. The molecule has 0 aromatic heterocycles. The van der Waals surface area contributed by atoms with Crippen LogP contribution in [0.5, 0.6) is 0 Å². The van der Waals surface area contributed by atoms with Gasteiger partial charge in [0.15, 0.2) is 6.10 Å². The summed E-state index contributed by atoms with van der Waals surface area (Å²) in [6.07, 6.45) is -1.62. The molecule has 0 aliphatic carbocycles. The summed E-state index contributed by atoms with van der Waals surface area (Å²) in [5.74, 6) is -3.86. The number of benzene rings is 3. The lowest BCUT2D eigenvalue weighted by molar-refractivity contribution is -0.163. The minimum Gasteiger partial charge on any atom is -0.475 e. The number of nitrogens with two attached hydrogens (primary N) is 1. The number of ether oxygens (including phenoxy) is 4. The fraction of sp³-hybridized carbons (Fsp3) is 0.242. The molecule has 0 saturated heterocycles. The van der Waals surface area contributed by atoms with Crippen molar-refractivity contribution in [2.24, 2.45) is 5.73 Å². The van der Waals surface area contributed by atoms with Crippen LogP contribution in [0.15, 0.2) is 115 Å². The molecule has 3 aromatic rings. The van der Waals surface area contributed by atoms with Crippen molar-refractivity contribution < 1.29 is 43.5 Å². The topological polar surface area (TPSA) is 158 Å². The SMILES string of the molecule is CN(C(=O)C1=COC(Cc2ccccc2)O1)C(C(O)C(N)=O)C(Cc1ccccc1)(c1ccccc1)C1OC=C(C(=O)O)O1. The summed E-state index contributed by atoms with van der Waals surface area (Å²) in [4.78, 5) is 39.8. The number of carbonyl (C=O) groups excluding carboxylic acids is 2. The van der Waals surface area contributed by atoms with E-state index in [-0.39, 0.29) is 12.2 Å². The predicted molar refractivity (Wildman–Crippen MR) is 156 cm³/mol. The van der Waals surface area contributed by atoms with E-state index in [9.17, 15) is 24.6 Å². The Morgan fingerprint density at radius 3 is 1.98 bits per heavy atom. The number of carboxylic acid groups (broad SMARTS) is 1. The highest BCUT2D eigenvalue weighted by Gasteiger charge is 2.58. The van der Waals surface area contributed by atoms with Gasteiger partial charge in [-0.1, -0.05) is 91.0 Å². The number of hydrogen-bond acceptors (Lipinski definition) is 8. The molecule has 2 amide bonds. The fourth-order valence-electron chi connectivity index (χ4n) is 5.67. The van der Waals surface area contributed by atoms with Crippen molar-refractivity contribution in [2.45, 2.75) is 43.0 Å². The van der Waals surface area contributed by atoms with Gasteiger partial charge in [-0.05, 0) is 23.1 Å². The highest BCUT2D eigenvalue weighted by molar-refractivity contribution is 5.92. The second-order valence-electron chi connectivity index (χ2n) is 10.5. The molecule has 2 heterocycles. The Hall–Kier alpha value is -5.29. The number of carboxylic acids is 1. The highest BCUT2D eigenvalue weighted by atomic mass is 16.7. The zero-order chi connectivity index (χ0) is 31.3. The normalized spacial score (nSPS) is 19.9. The van der Waals surface area contributed by atoms with E-state index in [4.69, 9.17) is 24.7 Å². The van der Waals surface area contributed by atoms with E-state index in [1.165, 1.54) is 13.3 Å². The molecule has 5 rings (SSSR count). The van der Waals surface area contributed by atoms with E-state index in [1.807, 2.05) is 48.5 Å². The van der Waals surface area contributed by atoms with Crippen molar-refractivity contribution >= 4 is 17.8 Å². The monoisotopic (exact) mass is 600 g/mol. The number of aliphatic hydroxyl groups is 1. The number of aliphatic hydroxyl groups excluding tert-OH is 1. The first kappa shape index (κ1) is 30.2. The van der Waals surface area contributed by atoms with Gasteiger partial charge in [0.25, 0.3) is 12.2 Å². The van der Waals surface area contributed by atoms with E-state index in [2.05, 4.69) is 0 Å². The average Bonchev–Trinajstić information content (AvgIpc) is 3.72. The smallest absolute Gasteiger partial charge is 0.374 e. The molecule has 2 aliphatic heterocycles. The molecule has 3 aromatic carbocycles. The molecule has 228 valence electrons. The highest BCUT2D eigenvalue weighted by Crippen LogP contribution is 2.44. The molecule has 4 N–H and O–H groups in total. The van der Waals surface area contributed by atoms with Gasteiger partial charge in [-0.15, -0.1) is 0 Å². The lowest BCUT2D eigenvalue weighted by Crippen LogP contribution is -2.65. The molecule has 2 aliphatic rings. The minimum atomic E-state index is -1.96. The number of carbonyl (C=O) groups is 3. The second kappa shape index (κ2) is 12.9. The first-order valence-corrected chi connectivity index (χ1v) is 13.9. The van der Waals surface area contributed by atoms with Crippen LogP contribution in [0, 0.1) is 0 Å². The predicted octanol–water partition coefficient (Wildman–Crippen LogP) is 2.60. The Labute approximate surface area is 253 Å². The zero-order valence-corrected chi connectivity index (χ0v) is 23.8. The van der Waals surface area contributed by atoms with E-state index >= 15 is 0 Å². The quantitative estimate of drug-likeness (QED) is 0.284. The summed E-state index contributed by atoms with van der Waals surface area (Å²) in [5, 5.41) is 21.2. The van der Waals surface area contributed by atoms with Crippen LogP contribution in [0.1, 0.15) is 16.7 Å². The lowest BCUT2D eigenvalue weighted by atomic mass is 9.66.